The third-order valence-corrected chi connectivity index (χ3v) is 11.4. The van der Waals surface area contributed by atoms with E-state index < -0.39 is 0 Å². The van der Waals surface area contributed by atoms with Crippen LogP contribution >= 0.6 is 11.3 Å². The molecule has 0 aliphatic heterocycles. The first-order chi connectivity index (χ1) is 25.8. The van der Waals surface area contributed by atoms with E-state index in [1.807, 2.05) is 72.0 Å². The van der Waals surface area contributed by atoms with Crippen LogP contribution in [0.25, 0.3) is 109 Å². The Balaban J connectivity index is 1.15. The van der Waals surface area contributed by atoms with Gasteiger partial charge < -0.3 is 4.42 Å². The van der Waals surface area contributed by atoms with Gasteiger partial charge >= 0.3 is 0 Å². The lowest BCUT2D eigenvalue weighted by Gasteiger charge is -2.12. The van der Waals surface area contributed by atoms with E-state index in [0.29, 0.717) is 17.5 Å². The summed E-state index contributed by atoms with van der Waals surface area (Å²) in [5, 5.41) is 9.43. The Hall–Kier alpha value is -6.69. The van der Waals surface area contributed by atoms with Crippen LogP contribution in [-0.2, 0) is 0 Å². The Morgan fingerprint density at radius 3 is 1.81 bits per heavy atom. The van der Waals surface area contributed by atoms with Gasteiger partial charge in [-0.3, -0.25) is 0 Å². The molecule has 0 saturated heterocycles. The van der Waals surface area contributed by atoms with Gasteiger partial charge in [0, 0.05) is 53.0 Å². The molecule has 11 aromatic rings. The lowest BCUT2D eigenvalue weighted by molar-refractivity contribution is 0.669. The number of para-hydroxylation sites is 1. The maximum absolute atomic E-state index is 6.14. The molecule has 0 saturated carbocycles. The molecule has 0 spiro atoms. The highest BCUT2D eigenvalue weighted by Gasteiger charge is 2.19. The SMILES string of the molecule is c1ccc(-c2nc(-c3ccc4oc5ccccc5c4c3)nc(-c3cccc4c3ccc3ccc5c6cccc(-c7ccccc7)c6sc5c34)n2)cc1. The number of thiophene rings is 1. The van der Waals surface area contributed by atoms with Crippen LogP contribution in [-0.4, -0.2) is 15.0 Å². The monoisotopic (exact) mass is 681 g/mol. The normalized spacial score (nSPS) is 11.8. The van der Waals surface area contributed by atoms with Crippen LogP contribution in [0.5, 0.6) is 0 Å². The van der Waals surface area contributed by atoms with Crippen molar-refractivity contribution in [2.45, 2.75) is 0 Å². The number of fused-ring (bicyclic) bond motifs is 10. The molecule has 8 aromatic carbocycles. The molecule has 11 rings (SSSR count). The molecule has 0 atom stereocenters. The molecule has 242 valence electrons. The van der Waals surface area contributed by atoms with Gasteiger partial charge in [0.15, 0.2) is 17.5 Å². The number of furan rings is 1. The van der Waals surface area contributed by atoms with E-state index in [0.717, 1.165) is 44.0 Å². The maximum atomic E-state index is 6.14. The van der Waals surface area contributed by atoms with Crippen molar-refractivity contribution in [3.8, 4) is 45.3 Å². The maximum Gasteiger partial charge on any atom is 0.164 e. The Morgan fingerprint density at radius 1 is 0.365 bits per heavy atom. The minimum absolute atomic E-state index is 0.620. The van der Waals surface area contributed by atoms with Crippen LogP contribution in [0, 0.1) is 0 Å². The Kier molecular flexibility index (Phi) is 6.39. The fourth-order valence-electron chi connectivity index (χ4n) is 7.68. The van der Waals surface area contributed by atoms with Crippen molar-refractivity contribution in [1.29, 1.82) is 0 Å². The van der Waals surface area contributed by atoms with Crippen molar-refractivity contribution in [3.63, 3.8) is 0 Å². The second-order valence-electron chi connectivity index (χ2n) is 13.1. The first kappa shape index (κ1) is 29.1. The predicted molar refractivity (Wildman–Crippen MR) is 217 cm³/mol. The smallest absolute Gasteiger partial charge is 0.164 e. The molecule has 0 unspecified atom stereocenters. The molecule has 0 aliphatic rings. The third-order valence-electron chi connectivity index (χ3n) is 10.1. The average molecular weight is 682 g/mol. The van der Waals surface area contributed by atoms with Crippen molar-refractivity contribution in [2.24, 2.45) is 0 Å². The molecule has 3 aromatic heterocycles. The highest BCUT2D eigenvalue weighted by Crippen LogP contribution is 2.45. The number of benzene rings is 8. The average Bonchev–Trinajstić information content (AvgIpc) is 3.79. The number of aromatic nitrogens is 3. The minimum Gasteiger partial charge on any atom is -0.456 e. The lowest BCUT2D eigenvalue weighted by atomic mass is 9.96. The highest BCUT2D eigenvalue weighted by molar-refractivity contribution is 7.27. The van der Waals surface area contributed by atoms with Crippen LogP contribution in [0.3, 0.4) is 0 Å². The summed E-state index contributed by atoms with van der Waals surface area (Å²) in [6.45, 7) is 0. The van der Waals surface area contributed by atoms with Gasteiger partial charge in [-0.1, -0.05) is 140 Å². The van der Waals surface area contributed by atoms with Crippen LogP contribution in [0.2, 0.25) is 0 Å². The van der Waals surface area contributed by atoms with Crippen LogP contribution in [0.4, 0.5) is 0 Å². The molecule has 52 heavy (non-hydrogen) atoms. The first-order valence-electron chi connectivity index (χ1n) is 17.4. The minimum atomic E-state index is 0.620. The summed E-state index contributed by atoms with van der Waals surface area (Å²) in [6.07, 6.45) is 0. The van der Waals surface area contributed by atoms with Gasteiger partial charge in [0.25, 0.3) is 0 Å². The molecule has 3 heterocycles. The number of rotatable bonds is 4. The topological polar surface area (TPSA) is 51.8 Å². The van der Waals surface area contributed by atoms with Crippen LogP contribution in [0.15, 0.2) is 168 Å². The number of hydrogen-bond donors (Lipinski definition) is 0. The summed E-state index contributed by atoms with van der Waals surface area (Å²) in [5.74, 6) is 1.89. The number of nitrogens with zero attached hydrogens (tertiary/aromatic N) is 3. The Morgan fingerprint density at radius 2 is 0.981 bits per heavy atom. The molecule has 0 N–H and O–H groups in total. The standard InChI is InChI=1S/C47H27N3OS/c1-3-11-28(12-4-1)32-16-9-18-36-37-25-22-29-21-24-33-35(42(29)44(37)52-43(32)36)17-10-19-38(33)47-49-45(30-13-5-2-6-14-30)48-46(50-47)31-23-26-41-39(27-31)34-15-7-8-20-40(34)51-41/h1-27H. The summed E-state index contributed by atoms with van der Waals surface area (Å²) in [5.41, 5.74) is 7.02. The third kappa shape index (κ3) is 4.50. The van der Waals surface area contributed by atoms with E-state index in [1.165, 1.54) is 47.5 Å². The first-order valence-corrected chi connectivity index (χ1v) is 18.2. The van der Waals surface area contributed by atoms with Crippen molar-refractivity contribution in [3.05, 3.63) is 164 Å². The lowest BCUT2D eigenvalue weighted by Crippen LogP contribution is -2.00. The van der Waals surface area contributed by atoms with Crippen molar-refractivity contribution < 1.29 is 4.42 Å². The van der Waals surface area contributed by atoms with Crippen LogP contribution < -0.4 is 0 Å². The van der Waals surface area contributed by atoms with Crippen molar-refractivity contribution in [2.75, 3.05) is 0 Å². The molecule has 0 bridgehead atoms. The van der Waals surface area contributed by atoms with E-state index in [9.17, 15) is 0 Å². The molecule has 0 aliphatic carbocycles. The quantitative estimate of drug-likeness (QED) is 0.174. The van der Waals surface area contributed by atoms with Gasteiger partial charge in [-0.05, 0) is 51.6 Å². The molecule has 0 fully saturated rings. The summed E-state index contributed by atoms with van der Waals surface area (Å²) in [6, 6.07) is 57.3. The van der Waals surface area contributed by atoms with E-state index >= 15 is 0 Å². The zero-order valence-corrected chi connectivity index (χ0v) is 28.6. The van der Waals surface area contributed by atoms with E-state index in [2.05, 4.69) is 103 Å². The summed E-state index contributed by atoms with van der Waals surface area (Å²) in [7, 11) is 0. The van der Waals surface area contributed by atoms with Gasteiger partial charge in [-0.15, -0.1) is 11.3 Å². The van der Waals surface area contributed by atoms with Gasteiger partial charge in [0.05, 0.1) is 0 Å². The second-order valence-corrected chi connectivity index (χ2v) is 14.2. The summed E-state index contributed by atoms with van der Waals surface area (Å²) < 4.78 is 8.74. The molecule has 0 amide bonds. The summed E-state index contributed by atoms with van der Waals surface area (Å²) in [4.78, 5) is 15.4. The zero-order valence-electron chi connectivity index (χ0n) is 27.7. The van der Waals surface area contributed by atoms with E-state index in [4.69, 9.17) is 19.4 Å². The fourth-order valence-corrected chi connectivity index (χ4v) is 9.08. The fraction of sp³-hybridized carbons (Fsp3) is 0. The zero-order chi connectivity index (χ0) is 34.2. The van der Waals surface area contributed by atoms with Crippen molar-refractivity contribution >= 4 is 75.0 Å². The van der Waals surface area contributed by atoms with E-state index in [1.54, 1.807) is 0 Å². The molecule has 4 nitrogen and oxygen atoms in total. The van der Waals surface area contributed by atoms with Gasteiger partial charge in [0.2, 0.25) is 0 Å². The molecule has 0 radical (unpaired) electrons. The van der Waals surface area contributed by atoms with Crippen molar-refractivity contribution in [1.82, 2.24) is 15.0 Å². The second kappa shape index (κ2) is 11.4. The van der Waals surface area contributed by atoms with Gasteiger partial charge in [0.1, 0.15) is 11.2 Å². The molecule has 5 heteroatoms. The molecular formula is C47H27N3OS. The van der Waals surface area contributed by atoms with E-state index in [-0.39, 0.29) is 0 Å². The predicted octanol–water partition coefficient (Wildman–Crippen LogP) is 13.1. The highest BCUT2D eigenvalue weighted by atomic mass is 32.1. The van der Waals surface area contributed by atoms with Gasteiger partial charge in [-0.2, -0.15) is 0 Å². The molecular weight excluding hydrogens is 655 g/mol. The Bertz CT molecular complexity index is 3180. The number of hydrogen-bond acceptors (Lipinski definition) is 5. The summed E-state index contributed by atoms with van der Waals surface area (Å²) >= 11 is 1.88. The largest absolute Gasteiger partial charge is 0.456 e. The van der Waals surface area contributed by atoms with Gasteiger partial charge in [-0.25, -0.2) is 15.0 Å². The van der Waals surface area contributed by atoms with Crippen LogP contribution in [0.1, 0.15) is 0 Å². The Labute approximate surface area is 302 Å².